The monoisotopic (exact) mass is 293 g/mol. The zero-order chi connectivity index (χ0) is 14.5. The Labute approximate surface area is 124 Å². The van der Waals surface area contributed by atoms with Crippen LogP contribution in [0.1, 0.15) is 23.9 Å². The fourth-order valence-electron chi connectivity index (χ4n) is 2.16. The molecule has 0 fully saturated rings. The third-order valence-electron chi connectivity index (χ3n) is 3.20. The molecule has 4 nitrogen and oxygen atoms in total. The normalized spacial score (nSPS) is 10.8. The van der Waals surface area contributed by atoms with Crippen molar-refractivity contribution in [3.8, 4) is 5.75 Å². The van der Waals surface area contributed by atoms with Crippen LogP contribution in [0.5, 0.6) is 5.75 Å². The van der Waals surface area contributed by atoms with Gasteiger partial charge in [-0.2, -0.15) is 5.10 Å². The molecule has 0 unspecified atom stereocenters. The van der Waals surface area contributed by atoms with Crippen LogP contribution in [0.25, 0.3) is 0 Å². The van der Waals surface area contributed by atoms with Gasteiger partial charge in [0.2, 0.25) is 0 Å². The Morgan fingerprint density at radius 1 is 1.35 bits per heavy atom. The predicted octanol–water partition coefficient (Wildman–Crippen LogP) is 2.95. The van der Waals surface area contributed by atoms with Gasteiger partial charge in [0.15, 0.2) is 0 Å². The lowest BCUT2D eigenvalue weighted by atomic mass is 10.1. The highest BCUT2D eigenvalue weighted by molar-refractivity contribution is 6.31. The lowest BCUT2D eigenvalue weighted by Crippen LogP contribution is -2.08. The molecule has 2 rings (SSSR count). The van der Waals surface area contributed by atoms with E-state index in [1.165, 1.54) is 0 Å². The fraction of sp³-hybridized carbons (Fsp3) is 0.400. The Kier molecular flexibility index (Phi) is 5.04. The van der Waals surface area contributed by atoms with E-state index in [0.29, 0.717) is 18.2 Å². The van der Waals surface area contributed by atoms with Crippen molar-refractivity contribution in [3.63, 3.8) is 0 Å². The van der Waals surface area contributed by atoms with E-state index in [2.05, 4.69) is 5.10 Å². The number of para-hydroxylation sites is 1. The maximum Gasteiger partial charge on any atom is 0.131 e. The number of nitrogens with two attached hydrogens (primary N) is 1. The zero-order valence-corrected chi connectivity index (χ0v) is 12.7. The third-order valence-corrected chi connectivity index (χ3v) is 3.70. The van der Waals surface area contributed by atoms with E-state index in [1.54, 1.807) is 0 Å². The Balaban J connectivity index is 2.17. The van der Waals surface area contributed by atoms with Gasteiger partial charge in [-0.15, -0.1) is 0 Å². The van der Waals surface area contributed by atoms with Gasteiger partial charge in [-0.05, 0) is 38.4 Å². The van der Waals surface area contributed by atoms with Crippen LogP contribution in [0.2, 0.25) is 5.02 Å². The minimum absolute atomic E-state index is 0.412. The molecule has 0 amide bonds. The molecule has 108 valence electrons. The molecule has 2 N–H and O–H groups in total. The number of benzene rings is 1. The average Bonchev–Trinajstić information content (AvgIpc) is 2.74. The van der Waals surface area contributed by atoms with Crippen LogP contribution in [0.3, 0.4) is 0 Å². The molecule has 0 atom stereocenters. The number of aryl methyl sites for hydroxylation is 2. The smallest absolute Gasteiger partial charge is 0.131 e. The molecule has 0 saturated heterocycles. The molecule has 2 aromatic rings. The Bertz CT molecular complexity index is 580. The van der Waals surface area contributed by atoms with Gasteiger partial charge in [0, 0.05) is 6.54 Å². The van der Waals surface area contributed by atoms with Crippen LogP contribution in [0, 0.1) is 6.92 Å². The first kappa shape index (κ1) is 14.9. The summed E-state index contributed by atoms with van der Waals surface area (Å²) in [5, 5.41) is 5.07. The minimum Gasteiger partial charge on any atom is -0.487 e. The molecule has 0 spiro atoms. The summed E-state index contributed by atoms with van der Waals surface area (Å²) in [5.74, 6) is 0.857. The van der Waals surface area contributed by atoms with Gasteiger partial charge < -0.3 is 10.5 Å². The summed E-state index contributed by atoms with van der Waals surface area (Å²) in [7, 11) is 0. The van der Waals surface area contributed by atoms with Crippen molar-refractivity contribution in [2.75, 3.05) is 6.54 Å². The minimum atomic E-state index is 0.412. The van der Waals surface area contributed by atoms with Crippen molar-refractivity contribution in [2.24, 2.45) is 5.73 Å². The van der Waals surface area contributed by atoms with Crippen molar-refractivity contribution in [3.05, 3.63) is 46.2 Å². The van der Waals surface area contributed by atoms with Crippen molar-refractivity contribution < 1.29 is 4.74 Å². The zero-order valence-electron chi connectivity index (χ0n) is 11.9. The van der Waals surface area contributed by atoms with Gasteiger partial charge >= 0.3 is 0 Å². The average molecular weight is 294 g/mol. The summed E-state index contributed by atoms with van der Waals surface area (Å²) in [6.07, 6.45) is 0.802. The Morgan fingerprint density at radius 2 is 2.10 bits per heavy atom. The van der Waals surface area contributed by atoms with E-state index >= 15 is 0 Å². The molecule has 5 heteroatoms. The van der Waals surface area contributed by atoms with Crippen molar-refractivity contribution in [2.45, 2.75) is 33.4 Å². The highest BCUT2D eigenvalue weighted by Gasteiger charge is 2.13. The number of ether oxygens (including phenoxy) is 1. The molecule has 0 saturated carbocycles. The quantitative estimate of drug-likeness (QED) is 0.891. The largest absolute Gasteiger partial charge is 0.487 e. The highest BCUT2D eigenvalue weighted by Crippen LogP contribution is 2.24. The second-order valence-corrected chi connectivity index (χ2v) is 4.97. The summed E-state index contributed by atoms with van der Waals surface area (Å²) in [6.45, 7) is 5.73. The topological polar surface area (TPSA) is 53.1 Å². The molecule has 0 aliphatic heterocycles. The van der Waals surface area contributed by atoms with Crippen LogP contribution in [-0.4, -0.2) is 16.3 Å². The number of nitrogens with zero attached hydrogens (tertiary/aromatic N) is 2. The Morgan fingerprint density at radius 3 is 2.80 bits per heavy atom. The van der Waals surface area contributed by atoms with Crippen molar-refractivity contribution >= 4 is 11.6 Å². The van der Waals surface area contributed by atoms with Gasteiger partial charge in [0.05, 0.1) is 16.4 Å². The number of hydrogen-bond donors (Lipinski definition) is 1. The molecule has 0 aliphatic rings. The van der Waals surface area contributed by atoms with E-state index < -0.39 is 0 Å². The van der Waals surface area contributed by atoms with Gasteiger partial charge in [-0.1, -0.05) is 29.8 Å². The molecule has 1 heterocycles. The van der Waals surface area contributed by atoms with Crippen LogP contribution in [-0.2, 0) is 19.6 Å². The second kappa shape index (κ2) is 6.77. The molecule has 20 heavy (non-hydrogen) atoms. The summed E-state index contributed by atoms with van der Waals surface area (Å²) in [4.78, 5) is 0. The number of rotatable bonds is 6. The lowest BCUT2D eigenvalue weighted by molar-refractivity contribution is 0.289. The fourth-order valence-corrected chi connectivity index (χ4v) is 2.35. The maximum absolute atomic E-state index is 6.28. The summed E-state index contributed by atoms with van der Waals surface area (Å²) in [6, 6.07) is 7.94. The molecule has 1 aromatic heterocycles. The Hall–Kier alpha value is -1.52. The molecule has 0 aliphatic carbocycles. The van der Waals surface area contributed by atoms with Gasteiger partial charge in [0.25, 0.3) is 0 Å². The third kappa shape index (κ3) is 3.14. The van der Waals surface area contributed by atoms with Crippen molar-refractivity contribution in [1.29, 1.82) is 0 Å². The van der Waals surface area contributed by atoms with E-state index in [-0.39, 0.29) is 0 Å². The summed E-state index contributed by atoms with van der Waals surface area (Å²) in [5.41, 5.74) is 8.48. The number of halogens is 1. The van der Waals surface area contributed by atoms with E-state index in [4.69, 9.17) is 22.1 Å². The highest BCUT2D eigenvalue weighted by atomic mass is 35.5. The molecule has 0 bridgehead atoms. The number of aromatic nitrogens is 2. The number of hydrogen-bond acceptors (Lipinski definition) is 3. The van der Waals surface area contributed by atoms with Crippen LogP contribution in [0.4, 0.5) is 0 Å². The van der Waals surface area contributed by atoms with Crippen LogP contribution in [0.15, 0.2) is 24.3 Å². The molecular formula is C15H20ClN3O. The second-order valence-electron chi connectivity index (χ2n) is 4.60. The molecule has 0 radical (unpaired) electrons. The van der Waals surface area contributed by atoms with Crippen molar-refractivity contribution in [1.82, 2.24) is 9.78 Å². The SMILES string of the molecule is CCn1nc(C)c(Cl)c1COc1ccccc1CCN. The van der Waals surface area contributed by atoms with E-state index in [0.717, 1.165) is 35.7 Å². The first-order valence-electron chi connectivity index (χ1n) is 6.80. The first-order valence-corrected chi connectivity index (χ1v) is 7.17. The predicted molar refractivity (Wildman–Crippen MR) is 81.2 cm³/mol. The first-order chi connectivity index (χ1) is 9.67. The molecule has 1 aromatic carbocycles. The maximum atomic E-state index is 6.28. The van der Waals surface area contributed by atoms with E-state index in [1.807, 2.05) is 42.8 Å². The van der Waals surface area contributed by atoms with Gasteiger partial charge in [-0.25, -0.2) is 0 Å². The van der Waals surface area contributed by atoms with E-state index in [9.17, 15) is 0 Å². The van der Waals surface area contributed by atoms with Gasteiger partial charge in [0.1, 0.15) is 12.4 Å². The lowest BCUT2D eigenvalue weighted by Gasteiger charge is -2.12. The van der Waals surface area contributed by atoms with Gasteiger partial charge in [-0.3, -0.25) is 4.68 Å². The summed E-state index contributed by atoms with van der Waals surface area (Å²) >= 11 is 6.28. The van der Waals surface area contributed by atoms with Crippen LogP contribution >= 0.6 is 11.6 Å². The molecular weight excluding hydrogens is 274 g/mol. The standard InChI is InChI=1S/C15H20ClN3O/c1-3-19-13(15(16)11(2)18-19)10-20-14-7-5-4-6-12(14)8-9-17/h4-7H,3,8-10,17H2,1-2H3. The summed E-state index contributed by atoms with van der Waals surface area (Å²) < 4.78 is 7.79. The van der Waals surface area contributed by atoms with Crippen LogP contribution < -0.4 is 10.5 Å².